The maximum atomic E-state index is 10.8. The van der Waals surface area contributed by atoms with E-state index < -0.39 is 0 Å². The molecule has 4 nitrogen and oxygen atoms in total. The van der Waals surface area contributed by atoms with E-state index in [1.807, 2.05) is 0 Å². The Hall–Kier alpha value is -1.32. The van der Waals surface area contributed by atoms with E-state index in [9.17, 15) is 4.79 Å². The third-order valence-corrected chi connectivity index (χ3v) is 1.46. The first kappa shape index (κ1) is 6.80. The van der Waals surface area contributed by atoms with Crippen molar-refractivity contribution in [3.63, 3.8) is 0 Å². The number of nitrogens with two attached hydrogens (primary N) is 1. The normalized spacial score (nSPS) is 9.80. The first-order chi connectivity index (χ1) is 4.63. The summed E-state index contributed by atoms with van der Waals surface area (Å²) in [5.41, 5.74) is 6.96. The molecule has 0 saturated carbocycles. The maximum Gasteiger partial charge on any atom is 0.269 e. The molecule has 0 spiro atoms. The number of aromatic amines is 1. The number of rotatable bonds is 0. The second-order valence-electron chi connectivity index (χ2n) is 2.18. The molecule has 0 amide bonds. The van der Waals surface area contributed by atoms with Crippen LogP contribution in [0.25, 0.3) is 0 Å². The van der Waals surface area contributed by atoms with E-state index in [1.54, 1.807) is 13.8 Å². The second kappa shape index (κ2) is 2.13. The summed E-state index contributed by atoms with van der Waals surface area (Å²) in [6.45, 7) is 3.42. The van der Waals surface area contributed by atoms with Crippen molar-refractivity contribution in [1.29, 1.82) is 0 Å². The monoisotopic (exact) mass is 139 g/mol. The predicted octanol–water partition coefficient (Wildman–Crippen LogP) is -0.0311. The average molecular weight is 139 g/mol. The molecule has 0 radical (unpaired) electrons. The number of hydrogen-bond acceptors (Lipinski definition) is 3. The molecule has 0 aliphatic heterocycles. The molecule has 10 heavy (non-hydrogen) atoms. The molecule has 54 valence electrons. The maximum absolute atomic E-state index is 10.8. The molecular formula is C6H9N3O. The minimum absolute atomic E-state index is 0.219. The van der Waals surface area contributed by atoms with Gasteiger partial charge in [-0.25, -0.2) is 5.10 Å². The predicted molar refractivity (Wildman–Crippen MR) is 38.7 cm³/mol. The Labute approximate surface area is 58.1 Å². The summed E-state index contributed by atoms with van der Waals surface area (Å²) >= 11 is 0. The zero-order valence-electron chi connectivity index (χ0n) is 5.93. The van der Waals surface area contributed by atoms with Crippen LogP contribution in [-0.4, -0.2) is 10.2 Å². The van der Waals surface area contributed by atoms with Gasteiger partial charge in [0.1, 0.15) is 0 Å². The molecule has 1 aromatic rings. The van der Waals surface area contributed by atoms with Crippen LogP contribution in [-0.2, 0) is 0 Å². The van der Waals surface area contributed by atoms with E-state index >= 15 is 0 Å². The van der Waals surface area contributed by atoms with E-state index in [0.717, 1.165) is 0 Å². The molecule has 0 fully saturated rings. The summed E-state index contributed by atoms with van der Waals surface area (Å²) in [5, 5.41) is 6.00. The smallest absolute Gasteiger partial charge is 0.269 e. The van der Waals surface area contributed by atoms with Gasteiger partial charge in [0.25, 0.3) is 5.56 Å². The zero-order valence-corrected chi connectivity index (χ0v) is 5.93. The van der Waals surface area contributed by atoms with Crippen molar-refractivity contribution in [1.82, 2.24) is 10.2 Å². The van der Waals surface area contributed by atoms with Gasteiger partial charge in [-0.3, -0.25) is 4.79 Å². The number of aromatic nitrogens is 2. The topological polar surface area (TPSA) is 71.8 Å². The highest BCUT2D eigenvalue weighted by atomic mass is 16.1. The number of anilines is 1. The lowest BCUT2D eigenvalue weighted by Gasteiger charge is -1.98. The van der Waals surface area contributed by atoms with Gasteiger partial charge in [-0.05, 0) is 13.8 Å². The van der Waals surface area contributed by atoms with Gasteiger partial charge in [-0.1, -0.05) is 0 Å². The fourth-order valence-corrected chi connectivity index (χ4v) is 0.672. The molecule has 0 aromatic carbocycles. The van der Waals surface area contributed by atoms with Crippen molar-refractivity contribution in [2.75, 3.05) is 5.73 Å². The summed E-state index contributed by atoms with van der Waals surface area (Å²) in [7, 11) is 0. The van der Waals surface area contributed by atoms with Crippen molar-refractivity contribution in [2.45, 2.75) is 13.8 Å². The Kier molecular flexibility index (Phi) is 1.45. The van der Waals surface area contributed by atoms with Crippen LogP contribution in [0.1, 0.15) is 11.3 Å². The van der Waals surface area contributed by atoms with Crippen LogP contribution in [0.2, 0.25) is 0 Å². The molecule has 4 heteroatoms. The lowest BCUT2D eigenvalue weighted by atomic mass is 10.2. The third-order valence-electron chi connectivity index (χ3n) is 1.46. The molecule has 0 aliphatic carbocycles. The lowest BCUT2D eigenvalue weighted by molar-refractivity contribution is 0.934. The first-order valence-electron chi connectivity index (χ1n) is 2.94. The summed E-state index contributed by atoms with van der Waals surface area (Å²) in [6, 6.07) is 0. The second-order valence-corrected chi connectivity index (χ2v) is 2.18. The quantitative estimate of drug-likeness (QED) is 0.530. The molecular weight excluding hydrogens is 130 g/mol. The molecule has 1 rings (SSSR count). The summed E-state index contributed by atoms with van der Waals surface area (Å²) in [4.78, 5) is 10.8. The molecule has 0 bridgehead atoms. The van der Waals surface area contributed by atoms with Crippen LogP contribution in [0, 0.1) is 13.8 Å². The fourth-order valence-electron chi connectivity index (χ4n) is 0.672. The van der Waals surface area contributed by atoms with Crippen LogP contribution in [0.15, 0.2) is 4.79 Å². The Morgan fingerprint density at radius 3 is 2.60 bits per heavy atom. The van der Waals surface area contributed by atoms with Gasteiger partial charge in [-0.15, -0.1) is 0 Å². The molecule has 0 unspecified atom stereocenters. The van der Waals surface area contributed by atoms with Crippen LogP contribution in [0.4, 0.5) is 5.69 Å². The van der Waals surface area contributed by atoms with Gasteiger partial charge < -0.3 is 5.73 Å². The van der Waals surface area contributed by atoms with Gasteiger partial charge in [-0.2, -0.15) is 5.10 Å². The minimum atomic E-state index is -0.219. The Balaban J connectivity index is 3.49. The highest BCUT2D eigenvalue weighted by molar-refractivity contribution is 5.47. The molecule has 1 heterocycles. The van der Waals surface area contributed by atoms with Crippen molar-refractivity contribution >= 4 is 5.69 Å². The van der Waals surface area contributed by atoms with E-state index in [2.05, 4.69) is 10.2 Å². The highest BCUT2D eigenvalue weighted by Gasteiger charge is 2.00. The van der Waals surface area contributed by atoms with E-state index in [1.165, 1.54) is 0 Å². The first-order valence-corrected chi connectivity index (χ1v) is 2.94. The molecule has 0 aliphatic rings. The van der Waals surface area contributed by atoms with Gasteiger partial charge >= 0.3 is 0 Å². The van der Waals surface area contributed by atoms with Crippen molar-refractivity contribution < 1.29 is 0 Å². The Bertz CT molecular complexity index is 302. The fraction of sp³-hybridized carbons (Fsp3) is 0.333. The van der Waals surface area contributed by atoms with Crippen molar-refractivity contribution in [2.24, 2.45) is 0 Å². The lowest BCUT2D eigenvalue weighted by Crippen LogP contribution is -2.15. The summed E-state index contributed by atoms with van der Waals surface area (Å²) in [5.74, 6) is 0. The van der Waals surface area contributed by atoms with Gasteiger partial charge in [0.2, 0.25) is 0 Å². The largest absolute Gasteiger partial charge is 0.397 e. The number of aryl methyl sites for hydroxylation is 1. The zero-order chi connectivity index (χ0) is 7.72. The summed E-state index contributed by atoms with van der Waals surface area (Å²) < 4.78 is 0. The van der Waals surface area contributed by atoms with E-state index in [-0.39, 0.29) is 5.56 Å². The number of hydrogen-bond donors (Lipinski definition) is 2. The molecule has 0 atom stereocenters. The standard InChI is InChI=1S/C6H9N3O/c1-3-5(7)4(2)8-9-6(3)10/h1-2H3,(H3,7,9,10). The number of H-pyrrole nitrogens is 1. The van der Waals surface area contributed by atoms with Gasteiger partial charge in [0, 0.05) is 5.56 Å². The van der Waals surface area contributed by atoms with E-state index in [4.69, 9.17) is 5.73 Å². The Morgan fingerprint density at radius 2 is 2.10 bits per heavy atom. The molecule has 3 N–H and O–H groups in total. The molecule has 0 saturated heterocycles. The van der Waals surface area contributed by atoms with Crippen LogP contribution in [0.3, 0.4) is 0 Å². The third kappa shape index (κ3) is 0.877. The number of nitrogens with zero attached hydrogens (tertiary/aromatic N) is 1. The molecule has 1 aromatic heterocycles. The van der Waals surface area contributed by atoms with Gasteiger partial charge in [0.05, 0.1) is 11.4 Å². The van der Waals surface area contributed by atoms with Crippen molar-refractivity contribution in [3.8, 4) is 0 Å². The van der Waals surface area contributed by atoms with Gasteiger partial charge in [0.15, 0.2) is 0 Å². The summed E-state index contributed by atoms with van der Waals surface area (Å²) in [6.07, 6.45) is 0. The average Bonchev–Trinajstić information content (AvgIpc) is 1.93. The van der Waals surface area contributed by atoms with Crippen LogP contribution < -0.4 is 11.3 Å². The SMILES string of the molecule is Cc1n[nH]c(=O)c(C)c1N. The van der Waals surface area contributed by atoms with Crippen LogP contribution in [0.5, 0.6) is 0 Å². The van der Waals surface area contributed by atoms with Crippen LogP contribution >= 0.6 is 0 Å². The Morgan fingerprint density at radius 1 is 1.50 bits per heavy atom. The number of nitrogens with one attached hydrogen (secondary N) is 1. The number of nitrogen functional groups attached to an aromatic ring is 1. The van der Waals surface area contributed by atoms with E-state index in [0.29, 0.717) is 16.9 Å². The van der Waals surface area contributed by atoms with Crippen molar-refractivity contribution in [3.05, 3.63) is 21.6 Å². The minimum Gasteiger partial charge on any atom is -0.397 e. The highest BCUT2D eigenvalue weighted by Crippen LogP contribution is 2.05.